The first kappa shape index (κ1) is 10.8. The van der Waals surface area contributed by atoms with Crippen LogP contribution in [0.15, 0.2) is 28.7 Å². The number of halogens is 2. The summed E-state index contributed by atoms with van der Waals surface area (Å²) in [6.45, 7) is 1.88. The van der Waals surface area contributed by atoms with E-state index in [0.29, 0.717) is 0 Å². The average Bonchev–Trinajstić information content (AvgIpc) is 2.22. The standard InChI is InChI=1S/C12H13BrFN/c1-15-6-2-3-9(8-15)11-7-10(13)4-5-12(11)14/h3-5,7H,2,6,8H2,1H3. The van der Waals surface area contributed by atoms with Crippen molar-refractivity contribution >= 4 is 21.5 Å². The summed E-state index contributed by atoms with van der Waals surface area (Å²) in [6.07, 6.45) is 3.13. The number of likely N-dealkylation sites (N-methyl/N-ethyl adjacent to an activating group) is 1. The molecule has 0 saturated carbocycles. The van der Waals surface area contributed by atoms with Crippen molar-refractivity contribution in [3.8, 4) is 0 Å². The van der Waals surface area contributed by atoms with Crippen LogP contribution < -0.4 is 0 Å². The van der Waals surface area contributed by atoms with E-state index in [4.69, 9.17) is 0 Å². The third kappa shape index (κ3) is 2.47. The van der Waals surface area contributed by atoms with Gasteiger partial charge in [-0.05, 0) is 37.2 Å². The Hall–Kier alpha value is -0.670. The smallest absolute Gasteiger partial charge is 0.130 e. The molecular formula is C12H13BrFN. The molecule has 0 N–H and O–H groups in total. The molecule has 0 spiro atoms. The molecule has 1 nitrogen and oxygen atoms in total. The lowest BCUT2D eigenvalue weighted by Crippen LogP contribution is -2.25. The summed E-state index contributed by atoms with van der Waals surface area (Å²) in [5.74, 6) is -0.139. The van der Waals surface area contributed by atoms with Crippen molar-refractivity contribution in [1.82, 2.24) is 4.90 Å². The topological polar surface area (TPSA) is 3.24 Å². The van der Waals surface area contributed by atoms with Crippen molar-refractivity contribution in [3.05, 3.63) is 40.1 Å². The Balaban J connectivity index is 2.36. The van der Waals surface area contributed by atoms with Gasteiger partial charge in [0, 0.05) is 23.1 Å². The molecule has 1 aliphatic heterocycles. The molecule has 80 valence electrons. The molecule has 3 heteroatoms. The molecule has 0 unspecified atom stereocenters. The maximum absolute atomic E-state index is 13.6. The number of rotatable bonds is 1. The molecule has 0 aliphatic carbocycles. The highest BCUT2D eigenvalue weighted by Gasteiger charge is 2.13. The van der Waals surface area contributed by atoms with Crippen LogP contribution in [0, 0.1) is 5.82 Å². The SMILES string of the molecule is CN1CCC=C(c2cc(Br)ccc2F)C1. The minimum absolute atomic E-state index is 0.139. The van der Waals surface area contributed by atoms with Crippen LogP contribution in [0.1, 0.15) is 12.0 Å². The minimum Gasteiger partial charge on any atom is -0.302 e. The van der Waals surface area contributed by atoms with Crippen LogP contribution in [0.25, 0.3) is 5.57 Å². The molecule has 1 aromatic carbocycles. The number of hydrogen-bond donors (Lipinski definition) is 0. The number of hydrogen-bond acceptors (Lipinski definition) is 1. The zero-order valence-electron chi connectivity index (χ0n) is 8.63. The Morgan fingerprint density at radius 1 is 1.40 bits per heavy atom. The van der Waals surface area contributed by atoms with Crippen molar-refractivity contribution in [3.63, 3.8) is 0 Å². The molecule has 15 heavy (non-hydrogen) atoms. The highest BCUT2D eigenvalue weighted by Crippen LogP contribution is 2.25. The van der Waals surface area contributed by atoms with Crippen LogP contribution >= 0.6 is 15.9 Å². The Labute approximate surface area is 97.7 Å². The molecule has 2 rings (SSSR count). The number of nitrogens with zero attached hydrogens (tertiary/aromatic N) is 1. The molecule has 0 bridgehead atoms. The van der Waals surface area contributed by atoms with E-state index in [9.17, 15) is 4.39 Å². The summed E-state index contributed by atoms with van der Waals surface area (Å²) in [5, 5.41) is 0. The van der Waals surface area contributed by atoms with Crippen molar-refractivity contribution in [2.24, 2.45) is 0 Å². The monoisotopic (exact) mass is 269 g/mol. The van der Waals surface area contributed by atoms with Gasteiger partial charge in [0.2, 0.25) is 0 Å². The summed E-state index contributed by atoms with van der Waals surface area (Å²) in [6, 6.07) is 5.08. The first-order valence-electron chi connectivity index (χ1n) is 5.00. The zero-order valence-corrected chi connectivity index (χ0v) is 10.2. The minimum atomic E-state index is -0.139. The van der Waals surface area contributed by atoms with Gasteiger partial charge in [0.25, 0.3) is 0 Å². The Morgan fingerprint density at radius 2 is 2.20 bits per heavy atom. The van der Waals surface area contributed by atoms with Gasteiger partial charge in [0.1, 0.15) is 5.82 Å². The fourth-order valence-corrected chi connectivity index (χ4v) is 2.19. The van der Waals surface area contributed by atoms with E-state index in [2.05, 4.69) is 34.0 Å². The van der Waals surface area contributed by atoms with Gasteiger partial charge in [-0.2, -0.15) is 0 Å². The summed E-state index contributed by atoms with van der Waals surface area (Å²) in [7, 11) is 2.06. The zero-order chi connectivity index (χ0) is 10.8. The van der Waals surface area contributed by atoms with E-state index < -0.39 is 0 Å². The van der Waals surface area contributed by atoms with Gasteiger partial charge in [0.05, 0.1) is 0 Å². The molecule has 1 heterocycles. The molecule has 1 aromatic rings. The lowest BCUT2D eigenvalue weighted by molar-refractivity contribution is 0.372. The quantitative estimate of drug-likeness (QED) is 0.756. The summed E-state index contributed by atoms with van der Waals surface area (Å²) >= 11 is 3.37. The van der Waals surface area contributed by atoms with E-state index in [1.54, 1.807) is 6.07 Å². The Bertz CT molecular complexity index is 401. The van der Waals surface area contributed by atoms with Crippen LogP contribution in [-0.2, 0) is 0 Å². The van der Waals surface area contributed by atoms with Gasteiger partial charge in [-0.3, -0.25) is 0 Å². The lowest BCUT2D eigenvalue weighted by atomic mass is 10.0. The van der Waals surface area contributed by atoms with Crippen LogP contribution in [-0.4, -0.2) is 25.0 Å². The second kappa shape index (κ2) is 4.45. The van der Waals surface area contributed by atoms with Crippen molar-refractivity contribution in [2.75, 3.05) is 20.1 Å². The maximum Gasteiger partial charge on any atom is 0.130 e. The van der Waals surface area contributed by atoms with Crippen LogP contribution in [0.5, 0.6) is 0 Å². The molecule has 0 aromatic heterocycles. The number of benzene rings is 1. The maximum atomic E-state index is 13.6. The lowest BCUT2D eigenvalue weighted by Gasteiger charge is -2.23. The first-order valence-corrected chi connectivity index (χ1v) is 5.79. The second-order valence-electron chi connectivity index (χ2n) is 3.88. The first-order chi connectivity index (χ1) is 7.16. The van der Waals surface area contributed by atoms with Gasteiger partial charge < -0.3 is 4.90 Å². The summed E-state index contributed by atoms with van der Waals surface area (Å²) in [4.78, 5) is 2.20. The fraction of sp³-hybridized carbons (Fsp3) is 0.333. The van der Waals surface area contributed by atoms with E-state index in [0.717, 1.165) is 35.1 Å². The third-order valence-corrected chi connectivity index (χ3v) is 3.11. The van der Waals surface area contributed by atoms with Crippen LogP contribution in [0.4, 0.5) is 4.39 Å². The molecule has 0 radical (unpaired) electrons. The predicted octanol–water partition coefficient (Wildman–Crippen LogP) is 3.31. The normalized spacial score (nSPS) is 17.7. The van der Waals surface area contributed by atoms with Crippen molar-refractivity contribution < 1.29 is 4.39 Å². The van der Waals surface area contributed by atoms with Gasteiger partial charge >= 0.3 is 0 Å². The Kier molecular flexibility index (Phi) is 3.22. The van der Waals surface area contributed by atoms with Crippen LogP contribution in [0.3, 0.4) is 0 Å². The molecule has 0 fully saturated rings. The average molecular weight is 270 g/mol. The van der Waals surface area contributed by atoms with Gasteiger partial charge in [-0.1, -0.05) is 22.0 Å². The van der Waals surface area contributed by atoms with E-state index >= 15 is 0 Å². The van der Waals surface area contributed by atoms with Gasteiger partial charge in [-0.15, -0.1) is 0 Å². The third-order valence-electron chi connectivity index (χ3n) is 2.62. The molecule has 0 amide bonds. The van der Waals surface area contributed by atoms with Gasteiger partial charge in [-0.25, -0.2) is 4.39 Å². The highest BCUT2D eigenvalue weighted by molar-refractivity contribution is 9.10. The molecule has 0 atom stereocenters. The van der Waals surface area contributed by atoms with E-state index in [1.165, 1.54) is 6.07 Å². The van der Waals surface area contributed by atoms with Crippen molar-refractivity contribution in [1.29, 1.82) is 0 Å². The highest BCUT2D eigenvalue weighted by atomic mass is 79.9. The molecule has 0 saturated heterocycles. The summed E-state index contributed by atoms with van der Waals surface area (Å²) in [5.41, 5.74) is 1.80. The van der Waals surface area contributed by atoms with Crippen LogP contribution in [0.2, 0.25) is 0 Å². The second-order valence-corrected chi connectivity index (χ2v) is 4.80. The van der Waals surface area contributed by atoms with E-state index in [1.807, 2.05) is 6.07 Å². The molecule has 1 aliphatic rings. The van der Waals surface area contributed by atoms with Gasteiger partial charge in [0.15, 0.2) is 0 Å². The summed E-state index contributed by atoms with van der Waals surface area (Å²) < 4.78 is 14.5. The largest absolute Gasteiger partial charge is 0.302 e. The van der Waals surface area contributed by atoms with Crippen molar-refractivity contribution in [2.45, 2.75) is 6.42 Å². The Morgan fingerprint density at radius 3 is 2.93 bits per heavy atom. The molecular weight excluding hydrogens is 257 g/mol. The van der Waals surface area contributed by atoms with E-state index in [-0.39, 0.29) is 5.82 Å². The predicted molar refractivity (Wildman–Crippen MR) is 64.2 cm³/mol. The fourth-order valence-electron chi connectivity index (χ4n) is 1.83.